The topological polar surface area (TPSA) is 54.1 Å². The molecular weight excluding hydrogens is 248 g/mol. The van der Waals surface area contributed by atoms with Crippen LogP contribution in [0.15, 0.2) is 0 Å². The number of piperidine rings is 2. The average molecular weight is 276 g/mol. The van der Waals surface area contributed by atoms with E-state index >= 15 is 0 Å². The summed E-state index contributed by atoms with van der Waals surface area (Å²) in [6.45, 7) is 8.04. The van der Waals surface area contributed by atoms with Crippen molar-refractivity contribution in [1.29, 1.82) is 10.5 Å². The molecule has 2 heterocycles. The second-order valence-corrected chi connectivity index (χ2v) is 5.76. The summed E-state index contributed by atoms with van der Waals surface area (Å²) in [5, 5.41) is 17.9. The van der Waals surface area contributed by atoms with Crippen LogP contribution in [-0.2, 0) is 0 Å². The molecule has 0 radical (unpaired) electrons. The Morgan fingerprint density at radius 2 is 1.70 bits per heavy atom. The lowest BCUT2D eigenvalue weighted by atomic mass is 9.72. The number of likely N-dealkylation sites (tertiary alicyclic amines) is 2. The molecular formula is C16H28N4. The van der Waals surface area contributed by atoms with Crippen LogP contribution in [0.25, 0.3) is 0 Å². The average Bonchev–Trinajstić information content (AvgIpc) is 2.50. The van der Waals surface area contributed by atoms with Crippen LogP contribution in [0.5, 0.6) is 0 Å². The molecule has 4 heteroatoms. The zero-order valence-electron chi connectivity index (χ0n) is 13.2. The van der Waals surface area contributed by atoms with Crippen LogP contribution < -0.4 is 0 Å². The van der Waals surface area contributed by atoms with Crippen molar-refractivity contribution in [3.63, 3.8) is 0 Å². The maximum absolute atomic E-state index is 8.98. The maximum atomic E-state index is 8.98. The molecule has 2 unspecified atom stereocenters. The first-order valence-electron chi connectivity index (χ1n) is 7.94. The Balaban J connectivity index is 0.000000956. The molecule has 112 valence electrons. The van der Waals surface area contributed by atoms with Crippen LogP contribution in [0.1, 0.15) is 39.5 Å². The van der Waals surface area contributed by atoms with Crippen LogP contribution >= 0.6 is 0 Å². The maximum Gasteiger partial charge on any atom is 0.179 e. The highest BCUT2D eigenvalue weighted by atomic mass is 15.1. The van der Waals surface area contributed by atoms with Crippen molar-refractivity contribution in [3.05, 3.63) is 0 Å². The molecule has 0 spiro atoms. The van der Waals surface area contributed by atoms with Crippen LogP contribution in [0.3, 0.4) is 0 Å². The molecule has 0 N–H and O–H groups in total. The fraction of sp³-hybridized carbons (Fsp3) is 0.875. The van der Waals surface area contributed by atoms with E-state index in [-0.39, 0.29) is 0 Å². The predicted molar refractivity (Wildman–Crippen MR) is 80.6 cm³/mol. The van der Waals surface area contributed by atoms with Gasteiger partial charge in [0.25, 0.3) is 0 Å². The van der Waals surface area contributed by atoms with E-state index in [1.165, 1.54) is 6.42 Å². The monoisotopic (exact) mass is 276 g/mol. The second-order valence-electron chi connectivity index (χ2n) is 5.76. The molecule has 2 rings (SSSR count). The van der Waals surface area contributed by atoms with Gasteiger partial charge in [-0.3, -0.25) is 0 Å². The van der Waals surface area contributed by atoms with E-state index in [1.807, 2.05) is 18.7 Å². The molecule has 0 aromatic carbocycles. The van der Waals surface area contributed by atoms with E-state index in [0.717, 1.165) is 44.9 Å². The first-order chi connectivity index (χ1) is 9.74. The number of nitriles is 2. The highest BCUT2D eigenvalue weighted by Crippen LogP contribution is 2.36. The Morgan fingerprint density at radius 1 is 1.05 bits per heavy atom. The first kappa shape index (κ1) is 16.8. The summed E-state index contributed by atoms with van der Waals surface area (Å²) in [6.07, 6.45) is 6.41. The number of hydrogen-bond donors (Lipinski definition) is 0. The molecule has 2 aliphatic rings. The van der Waals surface area contributed by atoms with E-state index in [9.17, 15) is 0 Å². The Labute approximate surface area is 124 Å². The minimum absolute atomic E-state index is 0.535. The highest BCUT2D eigenvalue weighted by Gasteiger charge is 2.34. The first-order valence-corrected chi connectivity index (χ1v) is 7.94. The molecule has 4 nitrogen and oxygen atoms in total. The van der Waals surface area contributed by atoms with E-state index in [0.29, 0.717) is 18.3 Å². The lowest BCUT2D eigenvalue weighted by Gasteiger charge is -2.42. The van der Waals surface area contributed by atoms with Crippen LogP contribution in [0.2, 0.25) is 0 Å². The van der Waals surface area contributed by atoms with Gasteiger partial charge in [0.05, 0.1) is 6.07 Å². The number of rotatable bonds is 2. The van der Waals surface area contributed by atoms with Crippen LogP contribution in [-0.4, -0.2) is 43.0 Å². The van der Waals surface area contributed by atoms with Crippen molar-refractivity contribution in [3.8, 4) is 12.3 Å². The summed E-state index contributed by atoms with van der Waals surface area (Å²) in [5.41, 5.74) is 0. The zero-order valence-corrected chi connectivity index (χ0v) is 13.2. The zero-order chi connectivity index (χ0) is 15.0. The smallest absolute Gasteiger partial charge is 0.179 e. The van der Waals surface area contributed by atoms with Gasteiger partial charge in [0, 0.05) is 26.1 Å². The minimum Gasteiger partial charge on any atom is -0.311 e. The van der Waals surface area contributed by atoms with Gasteiger partial charge in [0.2, 0.25) is 0 Å². The van der Waals surface area contributed by atoms with Gasteiger partial charge < -0.3 is 9.80 Å². The van der Waals surface area contributed by atoms with Crippen LogP contribution in [0, 0.1) is 40.5 Å². The molecule has 0 bridgehead atoms. The Hall–Kier alpha value is -1.26. The third-order valence-corrected chi connectivity index (χ3v) is 4.64. The SMILES string of the molecule is CC.CN1CCC(C2CCN(C#N)CC2)C(CC#N)C1. The molecule has 0 saturated carbocycles. The van der Waals surface area contributed by atoms with Gasteiger partial charge in [-0.05, 0) is 50.6 Å². The molecule has 0 amide bonds. The molecule has 20 heavy (non-hydrogen) atoms. The summed E-state index contributed by atoms with van der Waals surface area (Å²) in [7, 11) is 2.15. The van der Waals surface area contributed by atoms with Crippen molar-refractivity contribution in [2.24, 2.45) is 17.8 Å². The molecule has 0 aromatic heterocycles. The quantitative estimate of drug-likeness (QED) is 0.728. The van der Waals surface area contributed by atoms with Crippen molar-refractivity contribution in [1.82, 2.24) is 9.80 Å². The van der Waals surface area contributed by atoms with Crippen LogP contribution in [0.4, 0.5) is 0 Å². The second kappa shape index (κ2) is 8.82. The van der Waals surface area contributed by atoms with Gasteiger partial charge in [0.1, 0.15) is 0 Å². The van der Waals surface area contributed by atoms with Gasteiger partial charge in [-0.2, -0.15) is 10.5 Å². The largest absolute Gasteiger partial charge is 0.311 e. The van der Waals surface area contributed by atoms with E-state index in [4.69, 9.17) is 10.5 Å². The van der Waals surface area contributed by atoms with Crippen molar-refractivity contribution in [2.75, 3.05) is 33.2 Å². The third kappa shape index (κ3) is 4.39. The molecule has 0 aromatic rings. The Bertz CT molecular complexity index is 346. The number of hydrogen-bond acceptors (Lipinski definition) is 4. The van der Waals surface area contributed by atoms with E-state index in [2.05, 4.69) is 24.2 Å². The van der Waals surface area contributed by atoms with Crippen molar-refractivity contribution < 1.29 is 0 Å². The molecule has 2 fully saturated rings. The minimum atomic E-state index is 0.535. The standard InChI is InChI=1S/C14H22N4.C2H6/c1-17-7-5-14(13(10-17)2-6-15)12-3-8-18(11-16)9-4-12;1-2/h12-14H,2-5,7-10H2,1H3;1-2H3. The molecule has 2 atom stereocenters. The predicted octanol–water partition coefficient (Wildman–Crippen LogP) is 2.69. The fourth-order valence-electron chi connectivity index (χ4n) is 3.61. The number of nitrogens with zero attached hydrogens (tertiary/aromatic N) is 4. The van der Waals surface area contributed by atoms with Gasteiger partial charge in [-0.1, -0.05) is 13.8 Å². The normalized spacial score (nSPS) is 27.9. The summed E-state index contributed by atoms with van der Waals surface area (Å²) in [5.74, 6) is 1.95. The van der Waals surface area contributed by atoms with Crippen molar-refractivity contribution >= 4 is 0 Å². The van der Waals surface area contributed by atoms with Gasteiger partial charge >= 0.3 is 0 Å². The van der Waals surface area contributed by atoms with E-state index in [1.54, 1.807) is 0 Å². The van der Waals surface area contributed by atoms with Gasteiger partial charge in [-0.25, -0.2) is 0 Å². The molecule has 2 saturated heterocycles. The summed E-state index contributed by atoms with van der Waals surface area (Å²) in [6, 6.07) is 2.36. The molecule has 2 aliphatic heterocycles. The third-order valence-electron chi connectivity index (χ3n) is 4.64. The lowest BCUT2D eigenvalue weighted by molar-refractivity contribution is 0.0726. The molecule has 0 aliphatic carbocycles. The lowest BCUT2D eigenvalue weighted by Crippen LogP contribution is -2.43. The van der Waals surface area contributed by atoms with Crippen molar-refractivity contribution in [2.45, 2.75) is 39.5 Å². The summed E-state index contributed by atoms with van der Waals surface area (Å²) < 4.78 is 0. The van der Waals surface area contributed by atoms with E-state index < -0.39 is 0 Å². The summed E-state index contributed by atoms with van der Waals surface area (Å²) in [4.78, 5) is 4.22. The van der Waals surface area contributed by atoms with Gasteiger partial charge in [-0.15, -0.1) is 0 Å². The fourth-order valence-corrected chi connectivity index (χ4v) is 3.61. The Kier molecular flexibility index (Phi) is 7.41. The highest BCUT2D eigenvalue weighted by molar-refractivity contribution is 4.91. The summed E-state index contributed by atoms with van der Waals surface area (Å²) >= 11 is 0. The van der Waals surface area contributed by atoms with Gasteiger partial charge in [0.15, 0.2) is 6.19 Å². The Morgan fingerprint density at radius 3 is 2.25 bits per heavy atom.